The van der Waals surface area contributed by atoms with Crippen LogP contribution >= 0.6 is 11.6 Å². The van der Waals surface area contributed by atoms with Gasteiger partial charge in [0.1, 0.15) is 0 Å². The van der Waals surface area contributed by atoms with E-state index in [4.69, 9.17) is 17.3 Å². The summed E-state index contributed by atoms with van der Waals surface area (Å²) in [6.07, 6.45) is 0. The Balaban J connectivity index is 2.19. The number of benzene rings is 1. The van der Waals surface area contributed by atoms with Gasteiger partial charge in [-0.2, -0.15) is 0 Å². The number of carbonyl (C=O) groups is 1. The number of rotatable bonds is 2. The molecule has 0 unspecified atom stereocenters. The van der Waals surface area contributed by atoms with E-state index >= 15 is 0 Å². The zero-order valence-corrected chi connectivity index (χ0v) is 10.4. The second kappa shape index (κ2) is 5.01. The summed E-state index contributed by atoms with van der Waals surface area (Å²) in [5.41, 5.74) is 7.62. The maximum Gasteiger partial charge on any atom is 0.256 e. The molecule has 0 bridgehead atoms. The van der Waals surface area contributed by atoms with Gasteiger partial charge in [0.2, 0.25) is 0 Å². The van der Waals surface area contributed by atoms with Gasteiger partial charge in [-0.25, -0.2) is 0 Å². The summed E-state index contributed by atoms with van der Waals surface area (Å²) in [6, 6.07) is 8.26. The Hall–Kier alpha value is -2.14. The standard InChI is InChI=1S/C12H11ClN4O/c1-7-4-8(6-9(14)5-7)12(18)15-11-3-2-10(13)16-17-11/h2-6H,14H2,1H3,(H,15,17,18). The lowest BCUT2D eigenvalue weighted by Gasteiger charge is -2.05. The molecule has 2 rings (SSSR count). The Morgan fingerprint density at radius 1 is 1.28 bits per heavy atom. The van der Waals surface area contributed by atoms with Crippen LogP contribution < -0.4 is 11.1 Å². The minimum Gasteiger partial charge on any atom is -0.399 e. The lowest BCUT2D eigenvalue weighted by molar-refractivity contribution is 0.102. The van der Waals surface area contributed by atoms with E-state index in [9.17, 15) is 4.79 Å². The molecule has 1 heterocycles. The van der Waals surface area contributed by atoms with Gasteiger partial charge in [-0.3, -0.25) is 4.79 Å². The summed E-state index contributed by atoms with van der Waals surface area (Å²) in [6.45, 7) is 1.87. The van der Waals surface area contributed by atoms with Gasteiger partial charge in [0.25, 0.3) is 5.91 Å². The van der Waals surface area contributed by atoms with Gasteiger partial charge >= 0.3 is 0 Å². The summed E-state index contributed by atoms with van der Waals surface area (Å²) in [5.74, 6) is 0.0477. The van der Waals surface area contributed by atoms with Crippen LogP contribution in [-0.4, -0.2) is 16.1 Å². The van der Waals surface area contributed by atoms with Crippen LogP contribution in [0.2, 0.25) is 5.15 Å². The van der Waals surface area contributed by atoms with Crippen LogP contribution in [-0.2, 0) is 0 Å². The third-order valence-electron chi connectivity index (χ3n) is 2.24. The van der Waals surface area contributed by atoms with Gasteiger partial charge in [-0.1, -0.05) is 11.6 Å². The molecular formula is C12H11ClN4O. The first-order valence-corrected chi connectivity index (χ1v) is 5.60. The average molecular weight is 263 g/mol. The summed E-state index contributed by atoms with van der Waals surface area (Å²) in [5, 5.41) is 10.3. The smallest absolute Gasteiger partial charge is 0.256 e. The number of nitrogens with two attached hydrogens (primary N) is 1. The van der Waals surface area contributed by atoms with E-state index in [1.807, 2.05) is 6.92 Å². The van der Waals surface area contributed by atoms with E-state index < -0.39 is 0 Å². The zero-order valence-electron chi connectivity index (χ0n) is 9.64. The van der Waals surface area contributed by atoms with Crippen molar-refractivity contribution in [3.05, 3.63) is 46.6 Å². The molecule has 92 valence electrons. The van der Waals surface area contributed by atoms with Crippen molar-refractivity contribution in [2.45, 2.75) is 6.92 Å². The van der Waals surface area contributed by atoms with Crippen molar-refractivity contribution in [3.63, 3.8) is 0 Å². The second-order valence-corrected chi connectivity index (χ2v) is 4.22. The van der Waals surface area contributed by atoms with Crippen molar-refractivity contribution in [2.24, 2.45) is 0 Å². The first-order valence-electron chi connectivity index (χ1n) is 5.22. The fraction of sp³-hybridized carbons (Fsp3) is 0.0833. The van der Waals surface area contributed by atoms with Gasteiger partial charge in [0.15, 0.2) is 11.0 Å². The Morgan fingerprint density at radius 3 is 2.67 bits per heavy atom. The quantitative estimate of drug-likeness (QED) is 0.814. The summed E-state index contributed by atoms with van der Waals surface area (Å²) < 4.78 is 0. The van der Waals surface area contributed by atoms with Gasteiger partial charge in [0.05, 0.1) is 0 Å². The van der Waals surface area contributed by atoms with E-state index in [-0.39, 0.29) is 11.1 Å². The number of hydrogen-bond donors (Lipinski definition) is 2. The highest BCUT2D eigenvalue weighted by atomic mass is 35.5. The average Bonchev–Trinajstić information content (AvgIpc) is 2.31. The van der Waals surface area contributed by atoms with Crippen LogP contribution in [0.5, 0.6) is 0 Å². The highest BCUT2D eigenvalue weighted by Gasteiger charge is 2.08. The molecule has 0 saturated carbocycles. The van der Waals surface area contributed by atoms with Crippen molar-refractivity contribution in [1.29, 1.82) is 0 Å². The van der Waals surface area contributed by atoms with Crippen molar-refractivity contribution in [1.82, 2.24) is 10.2 Å². The molecule has 0 spiro atoms. The van der Waals surface area contributed by atoms with Crippen molar-refractivity contribution < 1.29 is 4.79 Å². The van der Waals surface area contributed by atoms with Crippen molar-refractivity contribution in [3.8, 4) is 0 Å². The zero-order chi connectivity index (χ0) is 13.1. The SMILES string of the molecule is Cc1cc(N)cc(C(=O)Nc2ccc(Cl)nn2)c1. The Kier molecular flexibility index (Phi) is 3.43. The van der Waals surface area contributed by atoms with E-state index in [1.54, 1.807) is 30.3 Å². The molecule has 1 aromatic carbocycles. The lowest BCUT2D eigenvalue weighted by atomic mass is 10.1. The number of nitrogens with zero attached hydrogens (tertiary/aromatic N) is 2. The molecule has 0 aliphatic heterocycles. The van der Waals surface area contributed by atoms with Crippen LogP contribution in [0.4, 0.5) is 11.5 Å². The van der Waals surface area contributed by atoms with E-state index in [0.717, 1.165) is 5.56 Å². The number of carbonyl (C=O) groups excluding carboxylic acids is 1. The molecule has 2 aromatic rings. The van der Waals surface area contributed by atoms with Gasteiger partial charge in [-0.15, -0.1) is 10.2 Å². The molecule has 0 atom stereocenters. The number of aromatic nitrogens is 2. The molecule has 0 fully saturated rings. The molecule has 1 amide bonds. The normalized spacial score (nSPS) is 10.1. The molecule has 0 aliphatic rings. The van der Waals surface area contributed by atoms with Crippen LogP contribution in [0.15, 0.2) is 30.3 Å². The van der Waals surface area contributed by atoms with Gasteiger partial charge in [-0.05, 0) is 42.8 Å². The van der Waals surface area contributed by atoms with Gasteiger partial charge < -0.3 is 11.1 Å². The molecule has 18 heavy (non-hydrogen) atoms. The number of amides is 1. The third-order valence-corrected chi connectivity index (χ3v) is 2.44. The van der Waals surface area contributed by atoms with Gasteiger partial charge in [0, 0.05) is 11.3 Å². The molecule has 5 nitrogen and oxygen atoms in total. The van der Waals surface area contributed by atoms with Crippen molar-refractivity contribution >= 4 is 29.0 Å². The van der Waals surface area contributed by atoms with Crippen molar-refractivity contribution in [2.75, 3.05) is 11.1 Å². The lowest BCUT2D eigenvalue weighted by Crippen LogP contribution is -2.13. The minimum absolute atomic E-state index is 0.271. The number of halogens is 1. The predicted molar refractivity (Wildman–Crippen MR) is 70.6 cm³/mol. The number of nitrogens with one attached hydrogen (secondary N) is 1. The molecule has 1 aromatic heterocycles. The largest absolute Gasteiger partial charge is 0.399 e. The van der Waals surface area contributed by atoms with Crippen LogP contribution in [0.3, 0.4) is 0 Å². The van der Waals surface area contributed by atoms with E-state index in [0.29, 0.717) is 17.1 Å². The molecule has 0 saturated heterocycles. The summed E-state index contributed by atoms with van der Waals surface area (Å²) in [4.78, 5) is 11.9. The molecule has 0 aliphatic carbocycles. The van der Waals surface area contributed by atoms with Crippen LogP contribution in [0.25, 0.3) is 0 Å². The third kappa shape index (κ3) is 2.95. The molecule has 6 heteroatoms. The number of aryl methyl sites for hydroxylation is 1. The number of anilines is 2. The topological polar surface area (TPSA) is 80.9 Å². The fourth-order valence-electron chi connectivity index (χ4n) is 1.51. The fourth-order valence-corrected chi connectivity index (χ4v) is 1.62. The minimum atomic E-state index is -0.290. The number of hydrogen-bond acceptors (Lipinski definition) is 4. The molecular weight excluding hydrogens is 252 g/mol. The first kappa shape index (κ1) is 12.3. The Bertz CT molecular complexity index is 563. The summed E-state index contributed by atoms with van der Waals surface area (Å²) >= 11 is 5.60. The maximum atomic E-state index is 11.9. The Morgan fingerprint density at radius 2 is 2.06 bits per heavy atom. The predicted octanol–water partition coefficient (Wildman–Crippen LogP) is 2.27. The second-order valence-electron chi connectivity index (χ2n) is 3.83. The van der Waals surface area contributed by atoms with E-state index in [1.165, 1.54) is 0 Å². The van der Waals surface area contributed by atoms with Crippen LogP contribution in [0.1, 0.15) is 15.9 Å². The van der Waals surface area contributed by atoms with Crippen LogP contribution in [0, 0.1) is 6.92 Å². The Labute approximate surface area is 109 Å². The summed E-state index contributed by atoms with van der Waals surface area (Å²) in [7, 11) is 0. The number of nitrogen functional groups attached to an aromatic ring is 1. The molecule has 0 radical (unpaired) electrons. The maximum absolute atomic E-state index is 11.9. The highest BCUT2D eigenvalue weighted by molar-refractivity contribution is 6.29. The first-order chi connectivity index (χ1) is 8.54. The van der Waals surface area contributed by atoms with E-state index in [2.05, 4.69) is 15.5 Å². The highest BCUT2D eigenvalue weighted by Crippen LogP contribution is 2.13. The molecule has 3 N–H and O–H groups in total. The monoisotopic (exact) mass is 262 g/mol.